The Balaban J connectivity index is 0.00000147. The van der Waals surface area contributed by atoms with Gasteiger partial charge in [-0.3, -0.25) is 4.79 Å². The van der Waals surface area contributed by atoms with Crippen LogP contribution in [-0.4, -0.2) is 29.9 Å². The number of rotatable bonds is 1. The maximum atomic E-state index is 13.4. The zero-order valence-electron chi connectivity index (χ0n) is 10.9. The maximum absolute atomic E-state index is 13.4. The number of hydrogen-bond donors (Lipinski definition) is 1. The number of nitrogens with zero attached hydrogens (tertiary/aromatic N) is 1. The zero-order valence-corrected chi connectivity index (χ0v) is 12.5. The lowest BCUT2D eigenvalue weighted by Crippen LogP contribution is -2.33. The predicted octanol–water partition coefficient (Wildman–Crippen LogP) is 2.71. The number of nitrogens with two attached hydrogens (primary N) is 1. The van der Waals surface area contributed by atoms with E-state index in [1.807, 2.05) is 0 Å². The predicted molar refractivity (Wildman–Crippen MR) is 78.8 cm³/mol. The van der Waals surface area contributed by atoms with Crippen LogP contribution in [-0.2, 0) is 0 Å². The third kappa shape index (κ3) is 2.52. The Hall–Kier alpha value is -0.840. The molecule has 3 rings (SSSR count). The van der Waals surface area contributed by atoms with Gasteiger partial charge in [-0.25, -0.2) is 4.39 Å². The summed E-state index contributed by atoms with van der Waals surface area (Å²) in [6.45, 7) is 1.38. The summed E-state index contributed by atoms with van der Waals surface area (Å²) < 4.78 is 13.4. The minimum atomic E-state index is -0.552. The first-order valence-corrected chi connectivity index (χ1v) is 6.94. The second-order valence-corrected chi connectivity index (χ2v) is 5.85. The molecule has 2 fully saturated rings. The van der Waals surface area contributed by atoms with E-state index in [-0.39, 0.29) is 34.9 Å². The lowest BCUT2D eigenvalue weighted by Gasteiger charge is -2.19. The lowest BCUT2D eigenvalue weighted by molar-refractivity contribution is 0.0779. The molecule has 3 unspecified atom stereocenters. The van der Waals surface area contributed by atoms with Crippen molar-refractivity contribution in [1.29, 1.82) is 0 Å². The minimum Gasteiger partial charge on any atom is -0.338 e. The van der Waals surface area contributed by atoms with E-state index < -0.39 is 5.82 Å². The third-order valence-corrected chi connectivity index (χ3v) is 4.77. The van der Waals surface area contributed by atoms with Crippen molar-refractivity contribution in [2.45, 2.75) is 18.9 Å². The molecule has 20 heavy (non-hydrogen) atoms. The van der Waals surface area contributed by atoms with Gasteiger partial charge in [0.05, 0.1) is 10.6 Å². The van der Waals surface area contributed by atoms with E-state index in [1.165, 1.54) is 12.1 Å². The fourth-order valence-electron chi connectivity index (χ4n) is 3.31. The van der Waals surface area contributed by atoms with Crippen LogP contribution in [0.2, 0.25) is 5.02 Å². The molecule has 1 saturated carbocycles. The van der Waals surface area contributed by atoms with Gasteiger partial charge < -0.3 is 10.6 Å². The summed E-state index contributed by atoms with van der Waals surface area (Å²) in [6, 6.07) is 4.53. The van der Waals surface area contributed by atoms with Gasteiger partial charge in [0.15, 0.2) is 0 Å². The highest BCUT2D eigenvalue weighted by Crippen LogP contribution is 2.38. The molecule has 3 nitrogen and oxygen atoms in total. The topological polar surface area (TPSA) is 46.3 Å². The summed E-state index contributed by atoms with van der Waals surface area (Å²) in [4.78, 5) is 14.2. The van der Waals surface area contributed by atoms with Gasteiger partial charge in [0.25, 0.3) is 5.91 Å². The molecule has 3 atom stereocenters. The number of hydrogen-bond acceptors (Lipinski definition) is 2. The molecule has 1 amide bonds. The molecule has 6 heteroatoms. The highest BCUT2D eigenvalue weighted by atomic mass is 35.5. The van der Waals surface area contributed by atoms with Crippen molar-refractivity contribution >= 4 is 29.9 Å². The first-order chi connectivity index (χ1) is 9.08. The molecule has 1 aliphatic carbocycles. The summed E-state index contributed by atoms with van der Waals surface area (Å²) in [7, 11) is 0. The maximum Gasteiger partial charge on any atom is 0.255 e. The van der Waals surface area contributed by atoms with E-state index in [1.54, 1.807) is 11.0 Å². The third-order valence-electron chi connectivity index (χ3n) is 4.38. The lowest BCUT2D eigenvalue weighted by atomic mass is 9.98. The molecule has 1 aromatic rings. The van der Waals surface area contributed by atoms with Gasteiger partial charge in [-0.2, -0.15) is 0 Å². The molecule has 0 radical (unpaired) electrons. The van der Waals surface area contributed by atoms with Crippen LogP contribution in [0.1, 0.15) is 23.2 Å². The Morgan fingerprint density at radius 2 is 2.10 bits per heavy atom. The number of benzene rings is 1. The Kier molecular flexibility index (Phi) is 4.57. The summed E-state index contributed by atoms with van der Waals surface area (Å²) >= 11 is 5.87. The van der Waals surface area contributed by atoms with E-state index in [4.69, 9.17) is 17.3 Å². The van der Waals surface area contributed by atoms with Gasteiger partial charge >= 0.3 is 0 Å². The van der Waals surface area contributed by atoms with E-state index >= 15 is 0 Å². The molecule has 2 N–H and O–H groups in total. The highest BCUT2D eigenvalue weighted by molar-refractivity contribution is 6.34. The molecule has 0 aromatic heterocycles. The summed E-state index contributed by atoms with van der Waals surface area (Å²) in [5, 5.41) is -0.0890. The first-order valence-electron chi connectivity index (χ1n) is 6.57. The average Bonchev–Trinajstić information content (AvgIpc) is 2.95. The molecule has 1 saturated heterocycles. The van der Waals surface area contributed by atoms with E-state index in [9.17, 15) is 9.18 Å². The van der Waals surface area contributed by atoms with Crippen LogP contribution < -0.4 is 5.73 Å². The number of fused-ring (bicyclic) bond motifs is 1. The van der Waals surface area contributed by atoms with Crippen molar-refractivity contribution in [3.63, 3.8) is 0 Å². The van der Waals surface area contributed by atoms with Gasteiger partial charge in [-0.05, 0) is 36.8 Å². The number of halogens is 3. The molecular weight excluding hydrogens is 302 g/mol. The first kappa shape index (κ1) is 15.5. The number of carbonyl (C=O) groups excluding carboxylic acids is 1. The normalized spacial score (nSPS) is 28.1. The molecular formula is C14H17Cl2FN2O. The standard InChI is InChI=1S/C14H16ClFN2O.ClH/c15-13-9(2-1-3-11(13)16)14(19)18-6-8-4-5-12(17)10(8)7-18;/h1-3,8,10,12H,4-7,17H2;1H. The quantitative estimate of drug-likeness (QED) is 0.865. The summed E-state index contributed by atoms with van der Waals surface area (Å²) in [6.07, 6.45) is 2.12. The highest BCUT2D eigenvalue weighted by Gasteiger charge is 2.42. The van der Waals surface area contributed by atoms with Crippen LogP contribution in [0.15, 0.2) is 18.2 Å². The molecule has 1 aromatic carbocycles. The zero-order chi connectivity index (χ0) is 13.6. The van der Waals surface area contributed by atoms with Crippen molar-refractivity contribution in [3.8, 4) is 0 Å². The van der Waals surface area contributed by atoms with Crippen LogP contribution in [0, 0.1) is 17.7 Å². The second kappa shape index (κ2) is 5.88. The van der Waals surface area contributed by atoms with Crippen molar-refractivity contribution in [2.24, 2.45) is 17.6 Å². The molecule has 1 heterocycles. The van der Waals surface area contributed by atoms with Crippen LogP contribution in [0.5, 0.6) is 0 Å². The Morgan fingerprint density at radius 3 is 2.80 bits per heavy atom. The van der Waals surface area contributed by atoms with Gasteiger partial charge in [0, 0.05) is 19.1 Å². The smallest absolute Gasteiger partial charge is 0.255 e. The fourth-order valence-corrected chi connectivity index (χ4v) is 3.52. The number of likely N-dealkylation sites (tertiary alicyclic amines) is 1. The SMILES string of the molecule is Cl.NC1CCC2CN(C(=O)c3cccc(F)c3Cl)CC12. The van der Waals surface area contributed by atoms with Crippen LogP contribution in [0.3, 0.4) is 0 Å². The van der Waals surface area contributed by atoms with Crippen LogP contribution >= 0.6 is 24.0 Å². The average molecular weight is 319 g/mol. The van der Waals surface area contributed by atoms with Gasteiger partial charge in [0.2, 0.25) is 0 Å². The summed E-state index contributed by atoms with van der Waals surface area (Å²) in [5.41, 5.74) is 6.30. The van der Waals surface area contributed by atoms with Crippen LogP contribution in [0.25, 0.3) is 0 Å². The van der Waals surface area contributed by atoms with E-state index in [0.29, 0.717) is 24.9 Å². The van der Waals surface area contributed by atoms with Gasteiger partial charge in [-0.15, -0.1) is 12.4 Å². The van der Waals surface area contributed by atoms with Crippen molar-refractivity contribution in [1.82, 2.24) is 4.90 Å². The van der Waals surface area contributed by atoms with Gasteiger partial charge in [-0.1, -0.05) is 17.7 Å². The van der Waals surface area contributed by atoms with E-state index in [2.05, 4.69) is 0 Å². The number of amides is 1. The Bertz CT molecular complexity index is 526. The van der Waals surface area contributed by atoms with Gasteiger partial charge in [0.1, 0.15) is 5.82 Å². The minimum absolute atomic E-state index is 0. The molecule has 110 valence electrons. The fraction of sp³-hybridized carbons (Fsp3) is 0.500. The van der Waals surface area contributed by atoms with E-state index in [0.717, 1.165) is 12.8 Å². The molecule has 2 aliphatic rings. The van der Waals surface area contributed by atoms with Crippen molar-refractivity contribution in [2.75, 3.05) is 13.1 Å². The largest absolute Gasteiger partial charge is 0.338 e. The molecule has 0 bridgehead atoms. The molecule has 1 aliphatic heterocycles. The monoisotopic (exact) mass is 318 g/mol. The number of carbonyl (C=O) groups is 1. The second-order valence-electron chi connectivity index (χ2n) is 5.48. The molecule has 0 spiro atoms. The Morgan fingerprint density at radius 1 is 1.35 bits per heavy atom. The summed E-state index contributed by atoms with van der Waals surface area (Å²) in [5.74, 6) is 0.136. The Labute approximate surface area is 128 Å². The van der Waals surface area contributed by atoms with Crippen molar-refractivity contribution < 1.29 is 9.18 Å². The van der Waals surface area contributed by atoms with Crippen LogP contribution in [0.4, 0.5) is 4.39 Å². The van der Waals surface area contributed by atoms with Crippen molar-refractivity contribution in [3.05, 3.63) is 34.6 Å².